The van der Waals surface area contributed by atoms with Crippen molar-refractivity contribution in [3.8, 4) is 0 Å². The van der Waals surface area contributed by atoms with E-state index in [-0.39, 0.29) is 0 Å². The summed E-state index contributed by atoms with van der Waals surface area (Å²) in [6, 6.07) is 5.28. The van der Waals surface area contributed by atoms with Crippen LogP contribution >= 0.6 is 11.8 Å². The van der Waals surface area contributed by atoms with Crippen molar-refractivity contribution in [2.75, 3.05) is 18.9 Å². The molecule has 1 aliphatic rings. The van der Waals surface area contributed by atoms with Gasteiger partial charge in [-0.05, 0) is 25.0 Å². The third-order valence-corrected chi connectivity index (χ3v) is 4.26. The summed E-state index contributed by atoms with van der Waals surface area (Å²) in [5.74, 6) is -0.424. The molecule has 0 unspecified atom stereocenters. The Morgan fingerprint density at radius 1 is 1.35 bits per heavy atom. The molecule has 1 aromatic rings. The SMILES string of the molecule is NC(=O)c1cccc(N)c1SC1CCOCC1. The molecule has 4 nitrogen and oxygen atoms in total. The Balaban J connectivity index is 2.21. The minimum atomic E-state index is -0.424. The van der Waals surface area contributed by atoms with E-state index in [0.717, 1.165) is 31.0 Å². The number of ether oxygens (including phenoxy) is 1. The van der Waals surface area contributed by atoms with Crippen molar-refractivity contribution in [1.29, 1.82) is 0 Å². The van der Waals surface area contributed by atoms with E-state index in [1.54, 1.807) is 30.0 Å². The molecule has 0 aliphatic carbocycles. The van der Waals surface area contributed by atoms with Crippen molar-refractivity contribution in [2.45, 2.75) is 23.0 Å². The quantitative estimate of drug-likeness (QED) is 0.802. The fraction of sp³-hybridized carbons (Fsp3) is 0.417. The Labute approximate surface area is 105 Å². The second-order valence-electron chi connectivity index (χ2n) is 4.02. The van der Waals surface area contributed by atoms with E-state index in [9.17, 15) is 4.79 Å². The molecule has 1 aromatic carbocycles. The predicted molar refractivity (Wildman–Crippen MR) is 69.1 cm³/mol. The van der Waals surface area contributed by atoms with E-state index >= 15 is 0 Å². The van der Waals surface area contributed by atoms with Gasteiger partial charge in [0, 0.05) is 29.0 Å². The van der Waals surface area contributed by atoms with Gasteiger partial charge in [-0.3, -0.25) is 4.79 Å². The van der Waals surface area contributed by atoms with Crippen LogP contribution < -0.4 is 11.5 Å². The first-order valence-electron chi connectivity index (χ1n) is 5.61. The standard InChI is InChI=1S/C12H16N2O2S/c13-10-3-1-2-9(12(14)15)11(10)17-8-4-6-16-7-5-8/h1-3,8H,4-7,13H2,(H2,14,15). The van der Waals surface area contributed by atoms with Crippen molar-refractivity contribution < 1.29 is 9.53 Å². The number of primary amides is 1. The molecule has 0 atom stereocenters. The monoisotopic (exact) mass is 252 g/mol. The highest BCUT2D eigenvalue weighted by molar-refractivity contribution is 8.00. The van der Waals surface area contributed by atoms with Crippen LogP contribution in [-0.4, -0.2) is 24.4 Å². The molecule has 4 N–H and O–H groups in total. The van der Waals surface area contributed by atoms with Gasteiger partial charge in [0.05, 0.1) is 5.56 Å². The maximum absolute atomic E-state index is 11.3. The van der Waals surface area contributed by atoms with Crippen molar-refractivity contribution in [3.63, 3.8) is 0 Å². The predicted octanol–water partition coefficient (Wildman–Crippen LogP) is 1.64. The molecule has 0 radical (unpaired) electrons. The van der Waals surface area contributed by atoms with Gasteiger partial charge in [-0.25, -0.2) is 0 Å². The van der Waals surface area contributed by atoms with E-state index in [4.69, 9.17) is 16.2 Å². The van der Waals surface area contributed by atoms with Gasteiger partial charge in [0.15, 0.2) is 0 Å². The number of benzene rings is 1. The lowest BCUT2D eigenvalue weighted by molar-refractivity contribution is 0.0996. The zero-order valence-corrected chi connectivity index (χ0v) is 10.3. The Bertz CT molecular complexity index is 417. The molecule has 0 bridgehead atoms. The molecule has 2 rings (SSSR count). The summed E-state index contributed by atoms with van der Waals surface area (Å²) < 4.78 is 5.31. The topological polar surface area (TPSA) is 78.3 Å². The van der Waals surface area contributed by atoms with Crippen LogP contribution in [0, 0.1) is 0 Å². The lowest BCUT2D eigenvalue weighted by Gasteiger charge is -2.22. The van der Waals surface area contributed by atoms with Crippen molar-refractivity contribution in [2.24, 2.45) is 5.73 Å². The van der Waals surface area contributed by atoms with Gasteiger partial charge in [-0.1, -0.05) is 6.07 Å². The van der Waals surface area contributed by atoms with Crippen LogP contribution in [0.5, 0.6) is 0 Å². The molecule has 5 heteroatoms. The zero-order valence-electron chi connectivity index (χ0n) is 9.52. The van der Waals surface area contributed by atoms with Gasteiger partial charge in [0.1, 0.15) is 0 Å². The van der Waals surface area contributed by atoms with Crippen LogP contribution in [0.4, 0.5) is 5.69 Å². The van der Waals surface area contributed by atoms with Crippen LogP contribution in [0.15, 0.2) is 23.1 Å². The van der Waals surface area contributed by atoms with Gasteiger partial charge in [0.2, 0.25) is 5.91 Å². The molecular formula is C12H16N2O2S. The number of anilines is 1. The molecule has 92 valence electrons. The number of amides is 1. The van der Waals surface area contributed by atoms with Crippen molar-refractivity contribution in [1.82, 2.24) is 0 Å². The molecule has 17 heavy (non-hydrogen) atoms. The molecular weight excluding hydrogens is 236 g/mol. The lowest BCUT2D eigenvalue weighted by atomic mass is 10.2. The highest BCUT2D eigenvalue weighted by Crippen LogP contribution is 2.35. The fourth-order valence-electron chi connectivity index (χ4n) is 1.84. The molecule has 0 spiro atoms. The summed E-state index contributed by atoms with van der Waals surface area (Å²) in [4.78, 5) is 12.2. The second kappa shape index (κ2) is 5.42. The summed E-state index contributed by atoms with van der Waals surface area (Å²) in [7, 11) is 0. The largest absolute Gasteiger partial charge is 0.398 e. The Kier molecular flexibility index (Phi) is 3.91. The summed E-state index contributed by atoms with van der Waals surface area (Å²) >= 11 is 1.64. The molecule has 0 aromatic heterocycles. The molecule has 1 amide bonds. The molecule has 1 fully saturated rings. The summed E-state index contributed by atoms with van der Waals surface area (Å²) in [5.41, 5.74) is 12.4. The third kappa shape index (κ3) is 2.92. The number of carbonyl (C=O) groups is 1. The maximum Gasteiger partial charge on any atom is 0.249 e. The lowest BCUT2D eigenvalue weighted by Crippen LogP contribution is -2.19. The minimum absolute atomic E-state index is 0.424. The number of rotatable bonds is 3. The molecule has 1 aliphatic heterocycles. The van der Waals surface area contributed by atoms with Gasteiger partial charge in [-0.2, -0.15) is 0 Å². The third-order valence-electron chi connectivity index (χ3n) is 2.76. The highest BCUT2D eigenvalue weighted by Gasteiger charge is 2.19. The van der Waals surface area contributed by atoms with E-state index < -0.39 is 5.91 Å². The zero-order chi connectivity index (χ0) is 12.3. The van der Waals surface area contributed by atoms with Crippen molar-refractivity contribution in [3.05, 3.63) is 23.8 Å². The summed E-state index contributed by atoms with van der Waals surface area (Å²) in [6.07, 6.45) is 1.97. The summed E-state index contributed by atoms with van der Waals surface area (Å²) in [6.45, 7) is 1.55. The number of nitrogen functional groups attached to an aromatic ring is 1. The summed E-state index contributed by atoms with van der Waals surface area (Å²) in [5, 5.41) is 0.451. The first-order chi connectivity index (χ1) is 8.18. The number of hydrogen-bond donors (Lipinski definition) is 2. The highest BCUT2D eigenvalue weighted by atomic mass is 32.2. The van der Waals surface area contributed by atoms with Gasteiger partial charge in [-0.15, -0.1) is 11.8 Å². The molecule has 1 saturated heterocycles. The van der Waals surface area contributed by atoms with Gasteiger partial charge in [0.25, 0.3) is 0 Å². The number of thioether (sulfide) groups is 1. The van der Waals surface area contributed by atoms with E-state index in [1.807, 2.05) is 0 Å². The average Bonchev–Trinajstić information content (AvgIpc) is 2.33. The van der Waals surface area contributed by atoms with E-state index in [2.05, 4.69) is 0 Å². The smallest absolute Gasteiger partial charge is 0.249 e. The van der Waals surface area contributed by atoms with E-state index in [1.165, 1.54) is 0 Å². The first-order valence-corrected chi connectivity index (χ1v) is 6.49. The second-order valence-corrected chi connectivity index (χ2v) is 5.33. The Hall–Kier alpha value is -1.20. The van der Waals surface area contributed by atoms with Crippen molar-refractivity contribution >= 4 is 23.4 Å². The minimum Gasteiger partial charge on any atom is -0.398 e. The van der Waals surface area contributed by atoms with Gasteiger partial charge < -0.3 is 16.2 Å². The van der Waals surface area contributed by atoms with E-state index in [0.29, 0.717) is 16.5 Å². The number of hydrogen-bond acceptors (Lipinski definition) is 4. The van der Waals surface area contributed by atoms with Crippen LogP contribution in [-0.2, 0) is 4.74 Å². The van der Waals surface area contributed by atoms with Gasteiger partial charge >= 0.3 is 0 Å². The first kappa shape index (κ1) is 12.3. The molecule has 0 saturated carbocycles. The Morgan fingerprint density at radius 3 is 2.71 bits per heavy atom. The maximum atomic E-state index is 11.3. The Morgan fingerprint density at radius 2 is 2.06 bits per heavy atom. The van der Waals surface area contributed by atoms with Crippen LogP contribution in [0.2, 0.25) is 0 Å². The van der Waals surface area contributed by atoms with Crippen LogP contribution in [0.1, 0.15) is 23.2 Å². The van der Waals surface area contributed by atoms with Crippen LogP contribution in [0.25, 0.3) is 0 Å². The number of nitrogens with two attached hydrogens (primary N) is 2. The average molecular weight is 252 g/mol. The fourth-order valence-corrected chi connectivity index (χ4v) is 3.10. The molecule has 1 heterocycles. The number of carbonyl (C=O) groups excluding carboxylic acids is 1. The normalized spacial score (nSPS) is 16.9. The van der Waals surface area contributed by atoms with Crippen LogP contribution in [0.3, 0.4) is 0 Å².